The van der Waals surface area contributed by atoms with Gasteiger partial charge in [-0.3, -0.25) is 0 Å². The molecule has 0 bridgehead atoms. The smallest absolute Gasteiger partial charge is 0.501 e. The van der Waals surface area contributed by atoms with Crippen LogP contribution < -0.4 is 9.80 Å². The van der Waals surface area contributed by atoms with E-state index in [2.05, 4.69) is 138 Å². The van der Waals surface area contributed by atoms with Gasteiger partial charge in [0.05, 0.1) is 0 Å². The second-order valence-corrected chi connectivity index (χ2v) is 12.8. The summed E-state index contributed by atoms with van der Waals surface area (Å²) in [4.78, 5) is 8.87. The number of anilines is 3. The summed E-state index contributed by atoms with van der Waals surface area (Å²) in [6, 6.07) is 48.9. The second-order valence-electron chi connectivity index (χ2n) is 12.8. The van der Waals surface area contributed by atoms with E-state index in [1.54, 1.807) is 6.20 Å². The van der Waals surface area contributed by atoms with E-state index in [1.807, 2.05) is 42.5 Å². The van der Waals surface area contributed by atoms with E-state index >= 15 is 0 Å². The number of aromatic nitrogens is 2. The normalized spacial score (nSPS) is 12.8. The van der Waals surface area contributed by atoms with Crippen molar-refractivity contribution in [3.8, 4) is 11.3 Å². The summed E-state index contributed by atoms with van der Waals surface area (Å²) in [7, 11) is 0. The number of rotatable bonds is 3. The van der Waals surface area contributed by atoms with E-state index in [-0.39, 0.29) is 25.5 Å². The van der Waals surface area contributed by atoms with Crippen LogP contribution in [0, 0.1) is 24.2 Å². The van der Waals surface area contributed by atoms with Gasteiger partial charge < -0.3 is 19.2 Å². The fourth-order valence-electron chi connectivity index (χ4n) is 6.58. The molecule has 8 aromatic rings. The van der Waals surface area contributed by atoms with E-state index in [0.29, 0.717) is 0 Å². The monoisotopic (exact) mass is 774 g/mol. The average molecular weight is 774 g/mol. The van der Waals surface area contributed by atoms with Gasteiger partial charge in [0.1, 0.15) is 0 Å². The van der Waals surface area contributed by atoms with Crippen molar-refractivity contribution in [2.45, 2.75) is 20.8 Å². The predicted octanol–water partition coefficient (Wildman–Crippen LogP) is 10.3. The summed E-state index contributed by atoms with van der Waals surface area (Å²) in [5.74, 6) is 0. The minimum Gasteiger partial charge on any atom is -0.501 e. The van der Waals surface area contributed by atoms with Crippen LogP contribution in [0.5, 0.6) is 0 Å². The third-order valence-corrected chi connectivity index (χ3v) is 8.40. The first-order valence-corrected chi connectivity index (χ1v) is 15.4. The maximum absolute atomic E-state index is 4.22. The molecule has 0 radical (unpaired) electrons. The van der Waals surface area contributed by atoms with Gasteiger partial charge in [0, 0.05) is 39.4 Å². The Balaban J connectivity index is 0.000000220. The molecular formula is C41H33IrN4. The van der Waals surface area contributed by atoms with Crippen LogP contribution in [0.25, 0.3) is 49.4 Å². The Morgan fingerprint density at radius 2 is 1.41 bits per heavy atom. The molecule has 3 aromatic heterocycles. The van der Waals surface area contributed by atoms with Crippen molar-refractivity contribution in [2.24, 2.45) is 5.41 Å². The molecule has 0 spiro atoms. The third kappa shape index (κ3) is 5.20. The van der Waals surface area contributed by atoms with Crippen LogP contribution in [0.3, 0.4) is 0 Å². The van der Waals surface area contributed by atoms with Crippen LogP contribution in [0.15, 0.2) is 128 Å². The Bertz CT molecular complexity index is 2230. The largest absolute Gasteiger partial charge is 3.00 e. The zero-order valence-corrected chi connectivity index (χ0v) is 28.4. The number of para-hydroxylation sites is 4. The van der Waals surface area contributed by atoms with Gasteiger partial charge in [-0.05, 0) is 47.3 Å². The molecule has 226 valence electrons. The first-order chi connectivity index (χ1) is 22.0. The summed E-state index contributed by atoms with van der Waals surface area (Å²) in [5, 5.41) is 5.20. The Morgan fingerprint density at radius 1 is 0.696 bits per heavy atom. The van der Waals surface area contributed by atoms with Crippen LogP contribution in [-0.4, -0.2) is 15.9 Å². The topological polar surface area (TPSA) is 23.8 Å². The summed E-state index contributed by atoms with van der Waals surface area (Å²) in [6.45, 7) is 10.1. The molecule has 0 fully saturated rings. The molecule has 1 aliphatic rings. The Morgan fingerprint density at radius 3 is 2.17 bits per heavy atom. The van der Waals surface area contributed by atoms with Crippen LogP contribution in [0.2, 0.25) is 0 Å². The molecule has 1 aliphatic heterocycles. The van der Waals surface area contributed by atoms with Gasteiger partial charge in [0.2, 0.25) is 0 Å². The summed E-state index contributed by atoms with van der Waals surface area (Å²) in [5.41, 5.74) is 9.52. The van der Waals surface area contributed by atoms with Crippen molar-refractivity contribution >= 4 is 55.2 Å². The van der Waals surface area contributed by atoms with Crippen LogP contribution >= 0.6 is 0 Å². The fourth-order valence-corrected chi connectivity index (χ4v) is 6.58. The number of benzene rings is 5. The van der Waals surface area contributed by atoms with E-state index < -0.39 is 0 Å². The summed E-state index contributed by atoms with van der Waals surface area (Å²) < 4.78 is 2.41. The Labute approximate surface area is 283 Å². The van der Waals surface area contributed by atoms with Crippen molar-refractivity contribution < 1.29 is 20.1 Å². The predicted molar refractivity (Wildman–Crippen MR) is 188 cm³/mol. The molecule has 0 saturated carbocycles. The molecule has 9 rings (SSSR count). The van der Waals surface area contributed by atoms with E-state index in [9.17, 15) is 0 Å². The van der Waals surface area contributed by atoms with Gasteiger partial charge in [-0.15, -0.1) is 53.0 Å². The molecule has 5 heteroatoms. The quantitative estimate of drug-likeness (QED) is 0.167. The molecule has 0 saturated heterocycles. The van der Waals surface area contributed by atoms with Crippen LogP contribution in [0.1, 0.15) is 20.8 Å². The average Bonchev–Trinajstić information content (AvgIpc) is 3.72. The Kier molecular flexibility index (Phi) is 7.76. The van der Waals surface area contributed by atoms with E-state index in [1.165, 1.54) is 49.5 Å². The van der Waals surface area contributed by atoms with Gasteiger partial charge in [-0.25, -0.2) is 0 Å². The van der Waals surface area contributed by atoms with Gasteiger partial charge >= 0.3 is 20.1 Å². The van der Waals surface area contributed by atoms with Crippen molar-refractivity contribution in [2.75, 3.05) is 16.3 Å². The second kappa shape index (κ2) is 11.9. The van der Waals surface area contributed by atoms with Crippen molar-refractivity contribution in [1.82, 2.24) is 9.38 Å². The van der Waals surface area contributed by atoms with Gasteiger partial charge in [0.15, 0.2) is 0 Å². The number of fused-ring (bicyclic) bond motifs is 7. The van der Waals surface area contributed by atoms with E-state index in [0.717, 1.165) is 23.5 Å². The Hall–Kier alpha value is -4.70. The molecule has 0 amide bonds. The van der Waals surface area contributed by atoms with Gasteiger partial charge in [-0.1, -0.05) is 87.0 Å². The maximum Gasteiger partial charge on any atom is 3.00 e. The molecule has 0 atom stereocenters. The molecule has 5 aromatic carbocycles. The minimum atomic E-state index is 0. The first-order valence-electron chi connectivity index (χ1n) is 15.4. The molecule has 4 nitrogen and oxygen atoms in total. The summed E-state index contributed by atoms with van der Waals surface area (Å²) in [6.07, 6.45) is 1.79. The zero-order valence-electron chi connectivity index (χ0n) is 26.0. The molecule has 0 unspecified atom stereocenters. The van der Waals surface area contributed by atoms with Gasteiger partial charge in [0.25, 0.3) is 0 Å². The molecular weight excluding hydrogens is 741 g/mol. The van der Waals surface area contributed by atoms with Crippen LogP contribution in [-0.2, 0) is 20.1 Å². The van der Waals surface area contributed by atoms with E-state index in [4.69, 9.17) is 0 Å². The molecule has 46 heavy (non-hydrogen) atoms. The maximum atomic E-state index is 4.22. The van der Waals surface area contributed by atoms with Crippen molar-refractivity contribution in [3.63, 3.8) is 0 Å². The van der Waals surface area contributed by atoms with Crippen LogP contribution in [0.4, 0.5) is 17.1 Å². The third-order valence-electron chi connectivity index (χ3n) is 8.40. The standard InChI is InChI=1S/C30H25N3.C11H8N.Ir/c1-30(2,3)18-31-19-32(28-14-7-6-13-27(28)31)20-15-16-26-24(17-20)23-11-8-10-22-21-9-4-5-12-25(21)33(26)29(22)23;1-2-6-10(7-3-1)11-8-4-5-9-12-11;/h4-14,16-17,19H,18H2,1-3H3;1-6,8-9H;/q-2;-1;+3. The summed E-state index contributed by atoms with van der Waals surface area (Å²) >= 11 is 0. The number of hydrogen-bond donors (Lipinski definition) is 0. The van der Waals surface area contributed by atoms with Gasteiger partial charge in [-0.2, -0.15) is 18.8 Å². The fraction of sp³-hybridized carbons (Fsp3) is 0.122. The number of hydrogen-bond acceptors (Lipinski definition) is 3. The van der Waals surface area contributed by atoms with Crippen molar-refractivity contribution in [1.29, 1.82) is 0 Å². The SMILES string of the molecule is CC(C)(C)CN1[CH-]N(c2[c-]cc3c(c2)c2cccc4c5ccccc5n3c24)c2ccccc21.[Ir+3].[c-]1ccccc1-c1ccccn1. The number of nitrogens with zero attached hydrogens (tertiary/aromatic N) is 4. The first kappa shape index (κ1) is 30.0. The molecule has 0 aliphatic carbocycles. The zero-order chi connectivity index (χ0) is 30.5. The molecule has 0 N–H and O–H groups in total. The van der Waals surface area contributed by atoms with Crippen molar-refractivity contribution in [3.05, 3.63) is 146 Å². The number of pyridine rings is 1. The molecule has 4 heterocycles. The minimum absolute atomic E-state index is 0.